The number of rotatable bonds is 5. The van der Waals surface area contributed by atoms with Crippen LogP contribution < -0.4 is 4.74 Å². The lowest BCUT2D eigenvalue weighted by Gasteiger charge is -2.16. The summed E-state index contributed by atoms with van der Waals surface area (Å²) in [4.78, 5) is 11.5. The van der Waals surface area contributed by atoms with Crippen LogP contribution >= 0.6 is 23.2 Å². The van der Waals surface area contributed by atoms with Crippen molar-refractivity contribution in [3.8, 4) is 5.75 Å². The van der Waals surface area contributed by atoms with Gasteiger partial charge in [-0.3, -0.25) is 0 Å². The van der Waals surface area contributed by atoms with Gasteiger partial charge in [0.05, 0.1) is 0 Å². The summed E-state index contributed by atoms with van der Waals surface area (Å²) >= 11 is 11.9. The average Bonchev–Trinajstić information content (AvgIpc) is 2.35. The molecule has 0 aliphatic carbocycles. The highest BCUT2D eigenvalue weighted by Gasteiger charge is 2.21. The van der Waals surface area contributed by atoms with E-state index in [4.69, 9.17) is 27.9 Å². The van der Waals surface area contributed by atoms with Gasteiger partial charge in [0.2, 0.25) is 0 Å². The van der Waals surface area contributed by atoms with Gasteiger partial charge >= 0.3 is 5.97 Å². The van der Waals surface area contributed by atoms with E-state index in [9.17, 15) is 9.90 Å². The molecule has 0 heterocycles. The molecule has 5 heteroatoms. The number of hydrogen-bond acceptors (Lipinski definition) is 2. The third-order valence-electron chi connectivity index (χ3n) is 3.09. The van der Waals surface area contributed by atoms with Crippen molar-refractivity contribution in [2.45, 2.75) is 26.4 Å². The zero-order valence-corrected chi connectivity index (χ0v) is 13.8. The Morgan fingerprint density at radius 1 is 1.05 bits per heavy atom. The Morgan fingerprint density at radius 2 is 1.59 bits per heavy atom. The van der Waals surface area contributed by atoms with Gasteiger partial charge in [-0.25, -0.2) is 4.79 Å². The quantitative estimate of drug-likeness (QED) is 0.860. The first-order chi connectivity index (χ1) is 10.3. The van der Waals surface area contributed by atoms with Gasteiger partial charge in [-0.2, -0.15) is 0 Å². The maximum Gasteiger partial charge on any atom is 0.345 e. The van der Waals surface area contributed by atoms with Crippen molar-refractivity contribution in [3.63, 3.8) is 0 Å². The van der Waals surface area contributed by atoms with Crippen LogP contribution in [0.2, 0.25) is 10.0 Å². The van der Waals surface area contributed by atoms with Gasteiger partial charge in [-0.15, -0.1) is 0 Å². The molecule has 1 N–H and O–H groups in total. The van der Waals surface area contributed by atoms with Crippen LogP contribution in [0.25, 0.3) is 0 Å². The number of carboxylic acid groups (broad SMARTS) is 1. The number of hydrogen-bond donors (Lipinski definition) is 1. The molecule has 3 nitrogen and oxygen atoms in total. The normalized spacial score (nSPS) is 12.0. The number of carbonyl (C=O) groups is 1. The fraction of sp³-hybridized carbons (Fsp3) is 0.235. The first-order valence-electron chi connectivity index (χ1n) is 6.76. The number of benzene rings is 2. The van der Waals surface area contributed by atoms with Crippen molar-refractivity contribution >= 4 is 29.2 Å². The van der Waals surface area contributed by atoms with E-state index in [0.717, 1.165) is 11.1 Å². The average molecular weight is 339 g/mol. The van der Waals surface area contributed by atoms with Crippen molar-refractivity contribution in [2.75, 3.05) is 0 Å². The second-order valence-electron chi connectivity index (χ2n) is 5.25. The maximum atomic E-state index is 11.5. The van der Waals surface area contributed by atoms with Crippen LogP contribution in [0.1, 0.15) is 16.7 Å². The first kappa shape index (κ1) is 16.7. The van der Waals surface area contributed by atoms with E-state index < -0.39 is 12.1 Å². The third-order valence-corrected chi connectivity index (χ3v) is 3.53. The van der Waals surface area contributed by atoms with E-state index in [0.29, 0.717) is 21.4 Å². The van der Waals surface area contributed by atoms with Crippen LogP contribution in [0.3, 0.4) is 0 Å². The number of aryl methyl sites for hydroxylation is 2. The summed E-state index contributed by atoms with van der Waals surface area (Å²) in [6, 6.07) is 10.6. The van der Waals surface area contributed by atoms with Gasteiger partial charge in [-0.1, -0.05) is 29.3 Å². The smallest absolute Gasteiger partial charge is 0.345 e. The summed E-state index contributed by atoms with van der Waals surface area (Å²) in [7, 11) is 0. The molecule has 2 aromatic carbocycles. The number of carboxylic acids is 1. The summed E-state index contributed by atoms with van der Waals surface area (Å²) in [5, 5.41) is 10.3. The van der Waals surface area contributed by atoms with Crippen LogP contribution in [-0.4, -0.2) is 17.2 Å². The molecule has 1 atom stereocenters. The predicted octanol–water partition coefficient (Wildman–Crippen LogP) is 4.68. The Labute approximate surface area is 139 Å². The molecule has 116 valence electrons. The number of halogens is 2. The molecule has 22 heavy (non-hydrogen) atoms. The lowest BCUT2D eigenvalue weighted by atomic mass is 10.1. The lowest BCUT2D eigenvalue weighted by molar-refractivity contribution is -0.145. The van der Waals surface area contributed by atoms with E-state index in [1.54, 1.807) is 18.2 Å². The van der Waals surface area contributed by atoms with Crippen LogP contribution in [0.5, 0.6) is 5.75 Å². The minimum absolute atomic E-state index is 0.183. The number of ether oxygens (including phenoxy) is 1. The zero-order valence-electron chi connectivity index (χ0n) is 12.3. The van der Waals surface area contributed by atoms with E-state index in [2.05, 4.69) is 0 Å². The molecule has 0 aromatic heterocycles. The Morgan fingerprint density at radius 3 is 2.09 bits per heavy atom. The van der Waals surface area contributed by atoms with Gasteiger partial charge in [0, 0.05) is 16.5 Å². The van der Waals surface area contributed by atoms with Gasteiger partial charge in [-0.05, 0) is 60.9 Å². The molecule has 0 unspecified atom stereocenters. The lowest BCUT2D eigenvalue weighted by Crippen LogP contribution is -2.29. The van der Waals surface area contributed by atoms with Gasteiger partial charge in [0.1, 0.15) is 5.75 Å². The van der Waals surface area contributed by atoms with Crippen LogP contribution in [0.15, 0.2) is 36.4 Å². The van der Waals surface area contributed by atoms with E-state index >= 15 is 0 Å². The van der Waals surface area contributed by atoms with E-state index in [-0.39, 0.29) is 6.42 Å². The highest BCUT2D eigenvalue weighted by Crippen LogP contribution is 2.22. The van der Waals surface area contributed by atoms with Crippen LogP contribution in [0.4, 0.5) is 0 Å². The molecule has 0 amide bonds. The topological polar surface area (TPSA) is 46.5 Å². The molecule has 0 radical (unpaired) electrons. The molecule has 0 fully saturated rings. The summed E-state index contributed by atoms with van der Waals surface area (Å²) in [6.45, 7) is 3.87. The molecule has 0 saturated heterocycles. The van der Waals surface area contributed by atoms with Crippen molar-refractivity contribution in [1.29, 1.82) is 0 Å². The molecule has 0 spiro atoms. The second-order valence-corrected chi connectivity index (χ2v) is 6.12. The van der Waals surface area contributed by atoms with E-state index in [1.807, 2.05) is 32.0 Å². The molecule has 0 bridgehead atoms. The predicted molar refractivity (Wildman–Crippen MR) is 88.1 cm³/mol. The van der Waals surface area contributed by atoms with Gasteiger partial charge < -0.3 is 9.84 Å². The molecular formula is C17H16Cl2O3. The molecule has 0 aliphatic heterocycles. The third kappa shape index (κ3) is 4.65. The van der Waals surface area contributed by atoms with E-state index in [1.165, 1.54) is 0 Å². The zero-order chi connectivity index (χ0) is 16.3. The minimum Gasteiger partial charge on any atom is -0.478 e. The Kier molecular flexibility index (Phi) is 5.33. The fourth-order valence-corrected chi connectivity index (χ4v) is 2.86. The highest BCUT2D eigenvalue weighted by atomic mass is 35.5. The largest absolute Gasteiger partial charge is 0.478 e. The molecule has 2 aromatic rings. The van der Waals surface area contributed by atoms with Gasteiger partial charge in [0.15, 0.2) is 6.10 Å². The Balaban J connectivity index is 2.21. The summed E-state index contributed by atoms with van der Waals surface area (Å²) < 4.78 is 5.64. The van der Waals surface area contributed by atoms with Crippen LogP contribution in [0, 0.1) is 13.8 Å². The fourth-order valence-electron chi connectivity index (χ4n) is 2.29. The summed E-state index contributed by atoms with van der Waals surface area (Å²) in [6.07, 6.45) is -0.821. The molecule has 0 saturated carbocycles. The Hall–Kier alpha value is -1.71. The van der Waals surface area contributed by atoms with Crippen molar-refractivity contribution in [3.05, 3.63) is 63.1 Å². The summed E-state index contributed by atoms with van der Waals surface area (Å²) in [5.74, 6) is -0.492. The maximum absolute atomic E-state index is 11.5. The van der Waals surface area contributed by atoms with Crippen molar-refractivity contribution in [2.24, 2.45) is 0 Å². The van der Waals surface area contributed by atoms with Crippen molar-refractivity contribution in [1.82, 2.24) is 0 Å². The molecule has 2 rings (SSSR count). The SMILES string of the molecule is Cc1cc(C)cc(O[C@H](Cc2cc(Cl)cc(Cl)c2)C(=O)O)c1. The highest BCUT2D eigenvalue weighted by molar-refractivity contribution is 6.34. The standard InChI is InChI=1S/C17H16Cl2O3/c1-10-3-11(2)5-15(4-10)22-16(17(20)21)8-12-6-13(18)9-14(19)7-12/h3-7,9,16H,8H2,1-2H3,(H,20,21)/t16-/m1/s1. The van der Waals surface area contributed by atoms with Crippen molar-refractivity contribution < 1.29 is 14.6 Å². The number of aliphatic carboxylic acids is 1. The first-order valence-corrected chi connectivity index (χ1v) is 7.52. The molecule has 0 aliphatic rings. The second kappa shape index (κ2) is 7.03. The minimum atomic E-state index is -1.03. The molecular weight excluding hydrogens is 323 g/mol. The van der Waals surface area contributed by atoms with Crippen LogP contribution in [-0.2, 0) is 11.2 Å². The van der Waals surface area contributed by atoms with Gasteiger partial charge in [0.25, 0.3) is 0 Å². The summed E-state index contributed by atoms with van der Waals surface area (Å²) in [5.41, 5.74) is 2.75. The monoisotopic (exact) mass is 338 g/mol. The Bertz CT molecular complexity index is 604.